The summed E-state index contributed by atoms with van der Waals surface area (Å²) in [6.45, 7) is 0. The van der Waals surface area contributed by atoms with E-state index in [9.17, 15) is 12.8 Å². The first-order chi connectivity index (χ1) is 8.53. The molecule has 0 aliphatic rings. The van der Waals surface area contributed by atoms with E-state index in [2.05, 4.69) is 14.9 Å². The summed E-state index contributed by atoms with van der Waals surface area (Å²) in [6, 6.07) is 4.52. The number of hydrogen-bond acceptors (Lipinski definition) is 6. The molecule has 2 rings (SSSR count). The van der Waals surface area contributed by atoms with E-state index >= 15 is 0 Å². The highest BCUT2D eigenvalue weighted by molar-refractivity contribution is 7.93. The molecule has 0 bridgehead atoms. The molecule has 2 aromatic rings. The van der Waals surface area contributed by atoms with Crippen LogP contribution in [-0.4, -0.2) is 18.6 Å². The minimum Gasteiger partial charge on any atom is -0.253 e. The minimum atomic E-state index is -3.89. The molecule has 92 valence electrons. The second kappa shape index (κ2) is 4.67. The van der Waals surface area contributed by atoms with Gasteiger partial charge in [0.2, 0.25) is 5.13 Å². The summed E-state index contributed by atoms with van der Waals surface area (Å²) in [5.74, 6) is -0.771. The van der Waals surface area contributed by atoms with E-state index in [0.29, 0.717) is 0 Å². The molecule has 6 nitrogen and oxygen atoms in total. The zero-order valence-electron chi connectivity index (χ0n) is 8.66. The Balaban J connectivity index is 2.39. The van der Waals surface area contributed by atoms with Gasteiger partial charge < -0.3 is 0 Å². The van der Waals surface area contributed by atoms with Crippen molar-refractivity contribution in [3.8, 4) is 6.07 Å². The molecular weight excluding hydrogens is 279 g/mol. The summed E-state index contributed by atoms with van der Waals surface area (Å²) in [4.78, 5) is -0.212. The Bertz CT molecular complexity index is 707. The van der Waals surface area contributed by atoms with E-state index in [4.69, 9.17) is 5.26 Å². The smallest absolute Gasteiger partial charge is 0.253 e. The van der Waals surface area contributed by atoms with Crippen LogP contribution in [-0.2, 0) is 10.0 Å². The van der Waals surface area contributed by atoms with Gasteiger partial charge in [-0.1, -0.05) is 11.3 Å². The van der Waals surface area contributed by atoms with E-state index < -0.39 is 15.8 Å². The fraction of sp³-hybridized carbons (Fsp3) is 0. The summed E-state index contributed by atoms with van der Waals surface area (Å²) in [5.41, 5.74) is 1.03. The molecule has 1 aromatic carbocycles. The second-order valence-electron chi connectivity index (χ2n) is 3.10. The van der Waals surface area contributed by atoms with Gasteiger partial charge in [-0.05, 0) is 18.2 Å². The van der Waals surface area contributed by atoms with Crippen LogP contribution in [0.1, 0.15) is 5.56 Å². The van der Waals surface area contributed by atoms with Crippen molar-refractivity contribution in [2.45, 2.75) is 4.90 Å². The van der Waals surface area contributed by atoms with Gasteiger partial charge >= 0.3 is 0 Å². The number of nitrogens with zero attached hydrogens (tertiary/aromatic N) is 3. The number of halogens is 1. The fourth-order valence-electron chi connectivity index (χ4n) is 1.15. The molecule has 1 aromatic heterocycles. The lowest BCUT2D eigenvalue weighted by atomic mass is 10.2. The van der Waals surface area contributed by atoms with Gasteiger partial charge in [-0.15, -0.1) is 10.2 Å². The lowest BCUT2D eigenvalue weighted by molar-refractivity contribution is 0.599. The van der Waals surface area contributed by atoms with Crippen LogP contribution in [0.5, 0.6) is 0 Å². The molecule has 1 N–H and O–H groups in total. The summed E-state index contributed by atoms with van der Waals surface area (Å²) in [7, 11) is -3.89. The van der Waals surface area contributed by atoms with Gasteiger partial charge in [0, 0.05) is 0 Å². The van der Waals surface area contributed by atoms with Crippen LogP contribution < -0.4 is 4.72 Å². The molecule has 0 saturated heterocycles. The number of sulfonamides is 1. The Kier molecular flexibility index (Phi) is 3.22. The maximum atomic E-state index is 13.1. The molecule has 0 atom stereocenters. The molecule has 0 aliphatic carbocycles. The normalized spacial score (nSPS) is 10.9. The number of nitriles is 1. The van der Waals surface area contributed by atoms with Crippen LogP contribution in [0.4, 0.5) is 9.52 Å². The van der Waals surface area contributed by atoms with Crippen LogP contribution in [0.2, 0.25) is 0 Å². The van der Waals surface area contributed by atoms with E-state index in [1.165, 1.54) is 5.51 Å². The Morgan fingerprint density at radius 3 is 2.83 bits per heavy atom. The van der Waals surface area contributed by atoms with Crippen molar-refractivity contribution in [2.24, 2.45) is 0 Å². The van der Waals surface area contributed by atoms with Crippen LogP contribution in [0, 0.1) is 17.1 Å². The van der Waals surface area contributed by atoms with E-state index in [1.807, 2.05) is 0 Å². The van der Waals surface area contributed by atoms with Gasteiger partial charge in [0.05, 0.1) is 10.5 Å². The highest BCUT2D eigenvalue weighted by Gasteiger charge is 2.17. The lowest BCUT2D eigenvalue weighted by Crippen LogP contribution is -2.13. The molecule has 0 fully saturated rings. The zero-order chi connectivity index (χ0) is 13.2. The van der Waals surface area contributed by atoms with Crippen molar-refractivity contribution >= 4 is 26.5 Å². The predicted octanol–water partition coefficient (Wildman–Crippen LogP) is 1.35. The molecule has 0 unspecified atom stereocenters. The third-order valence-corrected chi connectivity index (χ3v) is 4.02. The lowest BCUT2D eigenvalue weighted by Gasteiger charge is -2.05. The fourth-order valence-corrected chi connectivity index (χ4v) is 2.87. The molecule has 0 aliphatic heterocycles. The second-order valence-corrected chi connectivity index (χ2v) is 5.62. The monoisotopic (exact) mass is 284 g/mol. The van der Waals surface area contributed by atoms with E-state index in [1.54, 1.807) is 6.07 Å². The first-order valence-corrected chi connectivity index (χ1v) is 6.88. The number of benzene rings is 1. The number of aromatic nitrogens is 2. The van der Waals surface area contributed by atoms with Gasteiger partial charge in [-0.2, -0.15) is 5.26 Å². The molecule has 0 spiro atoms. The van der Waals surface area contributed by atoms with Crippen LogP contribution in [0.3, 0.4) is 0 Å². The Morgan fingerprint density at radius 2 is 2.22 bits per heavy atom. The van der Waals surface area contributed by atoms with Crippen LogP contribution >= 0.6 is 11.3 Å². The highest BCUT2D eigenvalue weighted by atomic mass is 32.2. The zero-order valence-corrected chi connectivity index (χ0v) is 10.3. The van der Waals surface area contributed by atoms with Crippen molar-refractivity contribution < 1.29 is 12.8 Å². The topological polar surface area (TPSA) is 95.7 Å². The molecule has 0 radical (unpaired) electrons. The number of anilines is 1. The van der Waals surface area contributed by atoms with Crippen LogP contribution in [0.15, 0.2) is 28.6 Å². The van der Waals surface area contributed by atoms with Crippen molar-refractivity contribution in [3.05, 3.63) is 35.1 Å². The van der Waals surface area contributed by atoms with E-state index in [0.717, 1.165) is 29.5 Å². The molecule has 9 heteroatoms. The first kappa shape index (κ1) is 12.4. The molecular formula is C9H5FN4O2S2. The third kappa shape index (κ3) is 2.44. The molecule has 0 saturated carbocycles. The molecule has 18 heavy (non-hydrogen) atoms. The standard InChI is InChI=1S/C9H5FN4O2S2/c10-8-2-1-7(3-6(8)4-11)18(15,16)14-9-13-12-5-17-9/h1-3,5H,(H,13,14). The van der Waals surface area contributed by atoms with Crippen LogP contribution in [0.25, 0.3) is 0 Å². The maximum Gasteiger partial charge on any atom is 0.263 e. The van der Waals surface area contributed by atoms with Crippen molar-refractivity contribution in [3.63, 3.8) is 0 Å². The average molecular weight is 284 g/mol. The van der Waals surface area contributed by atoms with Crippen molar-refractivity contribution in [1.29, 1.82) is 5.26 Å². The Hall–Kier alpha value is -2.05. The number of rotatable bonds is 3. The van der Waals surface area contributed by atoms with Gasteiger partial charge in [0.1, 0.15) is 17.4 Å². The maximum absolute atomic E-state index is 13.1. The quantitative estimate of drug-likeness (QED) is 0.917. The Labute approximate surface area is 106 Å². The SMILES string of the molecule is N#Cc1cc(S(=O)(=O)Nc2nncs2)ccc1F. The average Bonchev–Trinajstić information content (AvgIpc) is 2.81. The van der Waals surface area contributed by atoms with Gasteiger partial charge in [-0.25, -0.2) is 12.8 Å². The van der Waals surface area contributed by atoms with Crippen molar-refractivity contribution in [1.82, 2.24) is 10.2 Å². The summed E-state index contributed by atoms with van der Waals surface area (Å²) in [5, 5.41) is 15.7. The first-order valence-electron chi connectivity index (χ1n) is 4.51. The summed E-state index contributed by atoms with van der Waals surface area (Å²) < 4.78 is 39.0. The highest BCUT2D eigenvalue weighted by Crippen LogP contribution is 2.19. The van der Waals surface area contributed by atoms with Gasteiger partial charge in [0.15, 0.2) is 0 Å². The third-order valence-electron chi connectivity index (χ3n) is 1.95. The molecule has 0 amide bonds. The summed E-state index contributed by atoms with van der Waals surface area (Å²) in [6.07, 6.45) is 0. The number of nitrogens with one attached hydrogen (secondary N) is 1. The van der Waals surface area contributed by atoms with Gasteiger partial charge in [-0.3, -0.25) is 4.72 Å². The Morgan fingerprint density at radius 1 is 1.44 bits per heavy atom. The minimum absolute atomic E-state index is 0.0952. The van der Waals surface area contributed by atoms with Gasteiger partial charge in [0.25, 0.3) is 10.0 Å². The predicted molar refractivity (Wildman–Crippen MR) is 61.8 cm³/mol. The summed E-state index contributed by atoms with van der Waals surface area (Å²) >= 11 is 1.01. The molecule has 1 heterocycles. The number of hydrogen-bond donors (Lipinski definition) is 1. The van der Waals surface area contributed by atoms with E-state index in [-0.39, 0.29) is 15.6 Å². The largest absolute Gasteiger partial charge is 0.263 e. The van der Waals surface area contributed by atoms with Crippen molar-refractivity contribution in [2.75, 3.05) is 4.72 Å².